The van der Waals surface area contributed by atoms with Gasteiger partial charge in [0.15, 0.2) is 5.03 Å². The molecule has 1 aliphatic heterocycles. The molecule has 2 aromatic rings. The first-order valence-electron chi connectivity index (χ1n) is 9.06. The fraction of sp³-hybridized carbons (Fsp3) is 0.500. The van der Waals surface area contributed by atoms with E-state index in [0.717, 1.165) is 25.0 Å². The van der Waals surface area contributed by atoms with Crippen LogP contribution in [0, 0.1) is 11.8 Å². The van der Waals surface area contributed by atoms with Crippen molar-refractivity contribution in [2.45, 2.75) is 30.1 Å². The van der Waals surface area contributed by atoms with Gasteiger partial charge in [0, 0.05) is 38.1 Å². The van der Waals surface area contributed by atoms with Crippen molar-refractivity contribution in [1.29, 1.82) is 0 Å². The Morgan fingerprint density at radius 2 is 1.96 bits per heavy atom. The van der Waals surface area contributed by atoms with E-state index in [-0.39, 0.29) is 23.5 Å². The maximum atomic E-state index is 13.0. The molecule has 0 radical (unpaired) electrons. The molecule has 0 bridgehead atoms. The highest BCUT2D eigenvalue weighted by atomic mass is 32.2. The smallest absolute Gasteiger partial charge is 0.381 e. The second kappa shape index (κ2) is 6.77. The SMILES string of the molecule is Cn1cnc(S(=O)(=O)N2C[C@H](Nc3cccc(C(F)(F)F)c3)[C@@H](C3CC3)C2)c1. The molecule has 28 heavy (non-hydrogen) atoms. The Kier molecular flexibility index (Phi) is 4.65. The fourth-order valence-corrected chi connectivity index (χ4v) is 5.27. The number of aryl methyl sites for hydroxylation is 1. The number of halogens is 3. The summed E-state index contributed by atoms with van der Waals surface area (Å²) in [7, 11) is -2.04. The van der Waals surface area contributed by atoms with Crippen LogP contribution in [0.3, 0.4) is 0 Å². The van der Waals surface area contributed by atoms with Gasteiger partial charge in [-0.25, -0.2) is 13.4 Å². The number of rotatable bonds is 5. The molecule has 2 atom stereocenters. The monoisotopic (exact) mass is 414 g/mol. The van der Waals surface area contributed by atoms with Crippen LogP contribution in [0.2, 0.25) is 0 Å². The first-order valence-corrected chi connectivity index (χ1v) is 10.5. The van der Waals surface area contributed by atoms with Crippen molar-refractivity contribution in [3.05, 3.63) is 42.4 Å². The highest BCUT2D eigenvalue weighted by Gasteiger charge is 2.46. The summed E-state index contributed by atoms with van der Waals surface area (Å²) >= 11 is 0. The summed E-state index contributed by atoms with van der Waals surface area (Å²) in [6.07, 6.45) is 0.498. The molecule has 2 heterocycles. The van der Waals surface area contributed by atoms with Crippen molar-refractivity contribution in [2.24, 2.45) is 18.9 Å². The van der Waals surface area contributed by atoms with Gasteiger partial charge in [-0.15, -0.1) is 0 Å². The third kappa shape index (κ3) is 3.75. The summed E-state index contributed by atoms with van der Waals surface area (Å²) < 4.78 is 67.7. The molecule has 10 heteroatoms. The van der Waals surface area contributed by atoms with E-state index in [2.05, 4.69) is 10.3 Å². The highest BCUT2D eigenvalue weighted by Crippen LogP contribution is 2.43. The zero-order chi connectivity index (χ0) is 20.1. The van der Waals surface area contributed by atoms with Gasteiger partial charge in [-0.1, -0.05) is 6.07 Å². The number of hydrogen-bond donors (Lipinski definition) is 1. The minimum Gasteiger partial charge on any atom is -0.381 e. The maximum Gasteiger partial charge on any atom is 0.416 e. The molecule has 0 unspecified atom stereocenters. The lowest BCUT2D eigenvalue weighted by atomic mass is 9.98. The van der Waals surface area contributed by atoms with E-state index >= 15 is 0 Å². The van der Waals surface area contributed by atoms with Gasteiger partial charge >= 0.3 is 6.18 Å². The molecular formula is C18H21F3N4O2S. The Bertz CT molecular complexity index is 969. The lowest BCUT2D eigenvalue weighted by Crippen LogP contribution is -2.32. The van der Waals surface area contributed by atoms with Gasteiger partial charge in [0.1, 0.15) is 0 Å². The Labute approximate surface area is 161 Å². The third-order valence-electron chi connectivity index (χ3n) is 5.39. The van der Waals surface area contributed by atoms with Crippen LogP contribution < -0.4 is 5.32 Å². The van der Waals surface area contributed by atoms with Crippen LogP contribution in [0.1, 0.15) is 18.4 Å². The third-order valence-corrected chi connectivity index (χ3v) is 7.10. The van der Waals surface area contributed by atoms with Crippen LogP contribution in [0.5, 0.6) is 0 Å². The zero-order valence-electron chi connectivity index (χ0n) is 15.2. The zero-order valence-corrected chi connectivity index (χ0v) is 16.0. The molecule has 2 aliphatic rings. The Morgan fingerprint density at radius 1 is 1.21 bits per heavy atom. The number of nitrogens with one attached hydrogen (secondary N) is 1. The summed E-state index contributed by atoms with van der Waals surface area (Å²) in [4.78, 5) is 3.95. The molecule has 1 saturated carbocycles. The molecule has 0 amide bonds. The van der Waals surface area contributed by atoms with Gasteiger partial charge in [-0.2, -0.15) is 17.5 Å². The van der Waals surface area contributed by atoms with E-state index in [1.807, 2.05) is 0 Å². The van der Waals surface area contributed by atoms with Crippen molar-refractivity contribution >= 4 is 15.7 Å². The molecule has 2 fully saturated rings. The van der Waals surface area contributed by atoms with Gasteiger partial charge in [0.25, 0.3) is 10.0 Å². The summed E-state index contributed by atoms with van der Waals surface area (Å²) in [5, 5.41) is 3.14. The summed E-state index contributed by atoms with van der Waals surface area (Å²) in [6.45, 7) is 0.552. The molecular weight excluding hydrogens is 393 g/mol. The topological polar surface area (TPSA) is 67.2 Å². The van der Waals surface area contributed by atoms with E-state index in [9.17, 15) is 21.6 Å². The number of alkyl halides is 3. The van der Waals surface area contributed by atoms with Crippen LogP contribution >= 0.6 is 0 Å². The van der Waals surface area contributed by atoms with Crippen LogP contribution in [-0.4, -0.2) is 41.4 Å². The quantitative estimate of drug-likeness (QED) is 0.817. The Morgan fingerprint density at radius 3 is 2.57 bits per heavy atom. The molecule has 1 saturated heterocycles. The van der Waals surface area contributed by atoms with Gasteiger partial charge in [-0.3, -0.25) is 0 Å². The van der Waals surface area contributed by atoms with Gasteiger partial charge in [0.05, 0.1) is 11.9 Å². The summed E-state index contributed by atoms with van der Waals surface area (Å²) in [5.41, 5.74) is -0.376. The average molecular weight is 414 g/mol. The highest BCUT2D eigenvalue weighted by molar-refractivity contribution is 7.89. The minimum absolute atomic E-state index is 0.00994. The van der Waals surface area contributed by atoms with Crippen molar-refractivity contribution in [3.63, 3.8) is 0 Å². The molecule has 1 N–H and O–H groups in total. The van der Waals surface area contributed by atoms with Gasteiger partial charge < -0.3 is 9.88 Å². The average Bonchev–Trinajstić information content (AvgIpc) is 3.22. The van der Waals surface area contributed by atoms with Crippen LogP contribution in [0.25, 0.3) is 0 Å². The van der Waals surface area contributed by atoms with Crippen molar-refractivity contribution in [3.8, 4) is 0 Å². The summed E-state index contributed by atoms with van der Waals surface area (Å²) in [5.74, 6) is 0.459. The van der Waals surface area contributed by atoms with Crippen molar-refractivity contribution in [2.75, 3.05) is 18.4 Å². The molecule has 0 spiro atoms. The van der Waals surface area contributed by atoms with E-state index in [1.54, 1.807) is 17.7 Å². The number of sulfonamides is 1. The first kappa shape index (κ1) is 19.3. The lowest BCUT2D eigenvalue weighted by molar-refractivity contribution is -0.137. The van der Waals surface area contributed by atoms with Crippen LogP contribution in [0.4, 0.5) is 18.9 Å². The number of imidazole rings is 1. The normalized spacial score (nSPS) is 23.9. The summed E-state index contributed by atoms with van der Waals surface area (Å²) in [6, 6.07) is 4.79. The van der Waals surface area contributed by atoms with Crippen LogP contribution in [0.15, 0.2) is 41.8 Å². The molecule has 152 valence electrons. The second-order valence-electron chi connectivity index (χ2n) is 7.53. The fourth-order valence-electron chi connectivity index (χ4n) is 3.80. The Balaban J connectivity index is 1.56. The van der Waals surface area contributed by atoms with Crippen molar-refractivity contribution < 1.29 is 21.6 Å². The van der Waals surface area contributed by atoms with Gasteiger partial charge in [0.2, 0.25) is 0 Å². The van der Waals surface area contributed by atoms with E-state index in [4.69, 9.17) is 0 Å². The number of nitrogens with zero attached hydrogens (tertiary/aromatic N) is 3. The van der Waals surface area contributed by atoms with E-state index in [1.165, 1.54) is 22.9 Å². The number of hydrogen-bond acceptors (Lipinski definition) is 4. The number of anilines is 1. The molecule has 1 aliphatic carbocycles. The van der Waals surface area contributed by atoms with Crippen molar-refractivity contribution in [1.82, 2.24) is 13.9 Å². The lowest BCUT2D eigenvalue weighted by Gasteiger charge is -2.21. The largest absolute Gasteiger partial charge is 0.416 e. The van der Waals surface area contributed by atoms with Crippen LogP contribution in [-0.2, 0) is 23.2 Å². The maximum absolute atomic E-state index is 13.0. The van der Waals surface area contributed by atoms with E-state index < -0.39 is 21.8 Å². The standard InChI is InChI=1S/C18H21F3N4O2S/c1-24-10-17(22-11-24)28(26,27)25-8-15(12-5-6-12)16(9-25)23-14-4-2-3-13(7-14)18(19,20)21/h2-4,7,10-12,15-16,23H,5-6,8-9H2,1H3/t15-,16+/m1/s1. The molecule has 1 aromatic heterocycles. The first-order chi connectivity index (χ1) is 13.1. The number of aromatic nitrogens is 2. The molecule has 4 rings (SSSR count). The minimum atomic E-state index is -4.42. The van der Waals surface area contributed by atoms with E-state index in [0.29, 0.717) is 18.2 Å². The molecule has 6 nitrogen and oxygen atoms in total. The Hall–Kier alpha value is -2.07. The molecule has 1 aromatic carbocycles. The second-order valence-corrected chi connectivity index (χ2v) is 9.41. The number of benzene rings is 1. The predicted molar refractivity (Wildman–Crippen MR) is 97.0 cm³/mol. The predicted octanol–water partition coefficient (Wildman–Crippen LogP) is 2.95. The van der Waals surface area contributed by atoms with Gasteiger partial charge in [-0.05, 0) is 42.9 Å².